The molecule has 0 unspecified atom stereocenters. The first-order valence-corrected chi connectivity index (χ1v) is 4.68. The lowest BCUT2D eigenvalue weighted by Crippen LogP contribution is -2.35. The summed E-state index contributed by atoms with van der Waals surface area (Å²) in [6, 6.07) is 0. The van der Waals surface area contributed by atoms with Gasteiger partial charge in [0.1, 0.15) is 0 Å². The number of likely N-dealkylation sites (tertiary alicyclic amines) is 1. The van der Waals surface area contributed by atoms with E-state index >= 15 is 0 Å². The van der Waals surface area contributed by atoms with Crippen molar-refractivity contribution in [1.82, 2.24) is 4.90 Å². The lowest BCUT2D eigenvalue weighted by molar-refractivity contribution is 0.0337. The molecule has 1 heterocycles. The molecular weight excluding hydrogens is 172 g/mol. The monoisotopic (exact) mass is 188 g/mol. The van der Waals surface area contributed by atoms with Crippen LogP contribution in [0.5, 0.6) is 0 Å². The predicted octanol–water partition coefficient (Wildman–Crippen LogP) is 0.383. The van der Waals surface area contributed by atoms with Crippen molar-refractivity contribution in [1.29, 1.82) is 0 Å². The van der Waals surface area contributed by atoms with Crippen molar-refractivity contribution in [3.8, 4) is 0 Å². The van der Waals surface area contributed by atoms with Crippen molar-refractivity contribution >= 4 is 17.2 Å². The topological polar surface area (TPSA) is 38.5 Å². The summed E-state index contributed by atoms with van der Waals surface area (Å²) >= 11 is 4.73. The van der Waals surface area contributed by atoms with E-state index in [0.717, 1.165) is 25.9 Å². The number of nitrogens with two attached hydrogens (primary N) is 1. The van der Waals surface area contributed by atoms with E-state index in [-0.39, 0.29) is 0 Å². The van der Waals surface area contributed by atoms with E-state index in [2.05, 4.69) is 11.9 Å². The lowest BCUT2D eigenvalue weighted by atomic mass is 10.1. The molecule has 4 heteroatoms. The first-order valence-electron chi connectivity index (χ1n) is 4.27. The second-order valence-corrected chi connectivity index (χ2v) is 3.80. The molecule has 2 N–H and O–H groups in total. The standard InChI is InChI=1S/C8H16N2OS/c1-10-4-2-7(3-5-10)11-6-8(9)12/h7H,2-6H2,1H3,(H2,9,12). The molecule has 1 fully saturated rings. The van der Waals surface area contributed by atoms with Crippen molar-refractivity contribution < 1.29 is 4.74 Å². The van der Waals surface area contributed by atoms with Gasteiger partial charge in [-0.3, -0.25) is 0 Å². The van der Waals surface area contributed by atoms with Crippen LogP contribution in [0.1, 0.15) is 12.8 Å². The highest BCUT2D eigenvalue weighted by Crippen LogP contribution is 2.11. The zero-order valence-electron chi connectivity index (χ0n) is 7.45. The molecule has 0 aromatic heterocycles. The van der Waals surface area contributed by atoms with E-state index in [1.165, 1.54) is 0 Å². The van der Waals surface area contributed by atoms with Crippen LogP contribution in [-0.2, 0) is 4.74 Å². The average molecular weight is 188 g/mol. The minimum atomic E-state index is 0.364. The fraction of sp³-hybridized carbons (Fsp3) is 0.875. The number of ether oxygens (including phenoxy) is 1. The van der Waals surface area contributed by atoms with Crippen molar-refractivity contribution in [2.75, 3.05) is 26.7 Å². The van der Waals surface area contributed by atoms with Gasteiger partial charge in [-0.15, -0.1) is 0 Å². The summed E-state index contributed by atoms with van der Waals surface area (Å²) in [5.74, 6) is 0. The molecule has 0 aliphatic carbocycles. The summed E-state index contributed by atoms with van der Waals surface area (Å²) in [5, 5.41) is 0. The SMILES string of the molecule is CN1CCC(OCC(N)=S)CC1. The molecule has 0 bridgehead atoms. The van der Waals surface area contributed by atoms with Crippen LogP contribution in [0.15, 0.2) is 0 Å². The molecule has 1 rings (SSSR count). The highest BCUT2D eigenvalue weighted by Gasteiger charge is 2.16. The predicted molar refractivity (Wildman–Crippen MR) is 53.3 cm³/mol. The van der Waals surface area contributed by atoms with Crippen LogP contribution in [-0.4, -0.2) is 42.7 Å². The van der Waals surface area contributed by atoms with Crippen LogP contribution in [0.3, 0.4) is 0 Å². The van der Waals surface area contributed by atoms with E-state index in [0.29, 0.717) is 17.7 Å². The Morgan fingerprint density at radius 2 is 2.17 bits per heavy atom. The Morgan fingerprint density at radius 1 is 1.58 bits per heavy atom. The molecule has 1 aliphatic rings. The van der Waals surface area contributed by atoms with E-state index in [4.69, 9.17) is 22.7 Å². The van der Waals surface area contributed by atoms with Crippen molar-refractivity contribution in [2.45, 2.75) is 18.9 Å². The van der Waals surface area contributed by atoms with Crippen LogP contribution in [0, 0.1) is 0 Å². The van der Waals surface area contributed by atoms with E-state index in [1.807, 2.05) is 0 Å². The Morgan fingerprint density at radius 3 is 2.67 bits per heavy atom. The fourth-order valence-electron chi connectivity index (χ4n) is 1.35. The maximum Gasteiger partial charge on any atom is 0.0989 e. The van der Waals surface area contributed by atoms with Crippen molar-refractivity contribution in [2.24, 2.45) is 5.73 Å². The van der Waals surface area contributed by atoms with Gasteiger partial charge in [0.25, 0.3) is 0 Å². The summed E-state index contributed by atoms with van der Waals surface area (Å²) < 4.78 is 5.50. The minimum absolute atomic E-state index is 0.364. The molecule has 12 heavy (non-hydrogen) atoms. The Hall–Kier alpha value is -0.190. The lowest BCUT2D eigenvalue weighted by Gasteiger charge is -2.28. The van der Waals surface area contributed by atoms with Crippen LogP contribution in [0.4, 0.5) is 0 Å². The molecule has 0 spiro atoms. The Bertz CT molecular complexity index is 155. The Kier molecular flexibility index (Phi) is 3.91. The van der Waals surface area contributed by atoms with Gasteiger partial charge in [-0.2, -0.15) is 0 Å². The first-order chi connectivity index (χ1) is 5.68. The molecule has 70 valence electrons. The van der Waals surface area contributed by atoms with Crippen LogP contribution in [0.25, 0.3) is 0 Å². The van der Waals surface area contributed by atoms with Gasteiger partial charge in [0.2, 0.25) is 0 Å². The summed E-state index contributed by atoms with van der Waals surface area (Å²) in [7, 11) is 2.13. The third-order valence-corrected chi connectivity index (χ3v) is 2.24. The number of thiocarbonyl (C=S) groups is 1. The number of piperidine rings is 1. The number of rotatable bonds is 3. The molecule has 0 saturated carbocycles. The normalized spacial score (nSPS) is 21.1. The van der Waals surface area contributed by atoms with Gasteiger partial charge in [0, 0.05) is 13.1 Å². The molecule has 1 aliphatic heterocycles. The molecule has 0 amide bonds. The van der Waals surface area contributed by atoms with Crippen molar-refractivity contribution in [3.63, 3.8) is 0 Å². The Balaban J connectivity index is 2.13. The second kappa shape index (κ2) is 4.74. The Labute approximate surface area is 78.9 Å². The number of hydrogen-bond acceptors (Lipinski definition) is 3. The average Bonchev–Trinajstić information content (AvgIpc) is 2.03. The molecule has 1 saturated heterocycles. The number of nitrogens with zero attached hydrogens (tertiary/aromatic N) is 1. The largest absolute Gasteiger partial charge is 0.391 e. The third-order valence-electron chi connectivity index (χ3n) is 2.13. The van der Waals surface area contributed by atoms with Gasteiger partial charge in [0.15, 0.2) is 0 Å². The summed E-state index contributed by atoms with van der Waals surface area (Å²) in [6.07, 6.45) is 2.56. The second-order valence-electron chi connectivity index (χ2n) is 3.28. The summed E-state index contributed by atoms with van der Waals surface area (Å²) in [6.45, 7) is 2.66. The first kappa shape index (κ1) is 9.89. The maximum atomic E-state index is 5.50. The minimum Gasteiger partial charge on any atom is -0.391 e. The highest BCUT2D eigenvalue weighted by molar-refractivity contribution is 7.80. The van der Waals surface area contributed by atoms with Gasteiger partial charge >= 0.3 is 0 Å². The molecule has 0 aromatic rings. The third kappa shape index (κ3) is 3.47. The molecule has 0 radical (unpaired) electrons. The smallest absolute Gasteiger partial charge is 0.0989 e. The van der Waals surface area contributed by atoms with Crippen LogP contribution >= 0.6 is 12.2 Å². The zero-order chi connectivity index (χ0) is 8.97. The molecule has 3 nitrogen and oxygen atoms in total. The van der Waals surface area contributed by atoms with Gasteiger partial charge in [-0.25, -0.2) is 0 Å². The van der Waals surface area contributed by atoms with Crippen LogP contribution in [0.2, 0.25) is 0 Å². The van der Waals surface area contributed by atoms with Gasteiger partial charge in [0.05, 0.1) is 17.7 Å². The van der Waals surface area contributed by atoms with Crippen LogP contribution < -0.4 is 5.73 Å². The van der Waals surface area contributed by atoms with Gasteiger partial charge < -0.3 is 15.4 Å². The molecule has 0 aromatic carbocycles. The summed E-state index contributed by atoms with van der Waals surface area (Å²) in [4.78, 5) is 2.76. The van der Waals surface area contributed by atoms with E-state index < -0.39 is 0 Å². The van der Waals surface area contributed by atoms with Gasteiger partial charge in [-0.05, 0) is 19.9 Å². The van der Waals surface area contributed by atoms with E-state index in [1.54, 1.807) is 0 Å². The van der Waals surface area contributed by atoms with E-state index in [9.17, 15) is 0 Å². The molecular formula is C8H16N2OS. The fourth-order valence-corrected chi connectivity index (χ4v) is 1.42. The summed E-state index contributed by atoms with van der Waals surface area (Å²) in [5.41, 5.74) is 5.33. The van der Waals surface area contributed by atoms with Crippen molar-refractivity contribution in [3.05, 3.63) is 0 Å². The molecule has 0 atom stereocenters. The zero-order valence-corrected chi connectivity index (χ0v) is 8.27. The van der Waals surface area contributed by atoms with Gasteiger partial charge in [-0.1, -0.05) is 12.2 Å². The number of hydrogen-bond donors (Lipinski definition) is 1. The maximum absolute atomic E-state index is 5.50. The highest BCUT2D eigenvalue weighted by atomic mass is 32.1. The quantitative estimate of drug-likeness (QED) is 0.650.